The lowest BCUT2D eigenvalue weighted by Gasteiger charge is -2.07. The Morgan fingerprint density at radius 3 is 2.70 bits per heavy atom. The van der Waals surface area contributed by atoms with Gasteiger partial charge in [-0.05, 0) is 23.8 Å². The fraction of sp³-hybridized carbons (Fsp3) is 0.0769. The summed E-state index contributed by atoms with van der Waals surface area (Å²) in [4.78, 5) is 10.2. The Hall–Kier alpha value is -1.66. The van der Waals surface area contributed by atoms with Crippen LogP contribution in [0.3, 0.4) is 0 Å². The molecular weight excluding hydrogens is 353 g/mol. The lowest BCUT2D eigenvalue weighted by molar-refractivity contribution is -0.384. The number of nitrogens with zero attached hydrogens (tertiary/aromatic N) is 1. The molecule has 0 saturated heterocycles. The third-order valence-corrected chi connectivity index (χ3v) is 3.23. The molecule has 0 spiro atoms. The number of nitro benzene ring substituents is 1. The zero-order valence-electron chi connectivity index (χ0n) is 9.98. The van der Waals surface area contributed by atoms with Gasteiger partial charge in [-0.1, -0.05) is 33.6 Å². The SMILES string of the molecule is O=[N+]([O-])c1cc(COc2cc(F)cc(Br)c2)ccc1Cl. The Morgan fingerprint density at radius 1 is 1.30 bits per heavy atom. The first kappa shape index (κ1) is 14.7. The first-order valence-corrected chi connectivity index (χ1v) is 6.64. The van der Waals surface area contributed by atoms with Crippen molar-refractivity contribution in [2.75, 3.05) is 0 Å². The number of hydrogen-bond donors (Lipinski definition) is 0. The maximum atomic E-state index is 13.2. The maximum Gasteiger partial charge on any atom is 0.288 e. The molecular formula is C13H8BrClFNO3. The van der Waals surface area contributed by atoms with Crippen LogP contribution >= 0.6 is 27.5 Å². The van der Waals surface area contributed by atoms with Crippen molar-refractivity contribution in [3.05, 3.63) is 67.4 Å². The minimum atomic E-state index is -0.565. The van der Waals surface area contributed by atoms with Crippen molar-refractivity contribution in [2.24, 2.45) is 0 Å². The molecule has 7 heteroatoms. The molecule has 2 aromatic rings. The highest BCUT2D eigenvalue weighted by molar-refractivity contribution is 9.10. The number of hydrogen-bond acceptors (Lipinski definition) is 3. The zero-order chi connectivity index (χ0) is 14.7. The monoisotopic (exact) mass is 359 g/mol. The molecule has 0 saturated carbocycles. The molecule has 0 heterocycles. The van der Waals surface area contributed by atoms with Crippen LogP contribution in [0.4, 0.5) is 10.1 Å². The largest absolute Gasteiger partial charge is 0.489 e. The fourth-order valence-corrected chi connectivity index (χ4v) is 2.20. The summed E-state index contributed by atoms with van der Waals surface area (Å²) < 4.78 is 19.1. The van der Waals surface area contributed by atoms with Gasteiger partial charge in [0.1, 0.15) is 23.2 Å². The van der Waals surface area contributed by atoms with E-state index in [0.717, 1.165) is 0 Å². The molecule has 0 unspecified atom stereocenters. The van der Waals surface area contributed by atoms with Crippen LogP contribution in [0.2, 0.25) is 5.02 Å². The van der Waals surface area contributed by atoms with Crippen molar-refractivity contribution in [3.8, 4) is 5.75 Å². The summed E-state index contributed by atoms with van der Waals surface area (Å²) in [6, 6.07) is 8.52. The molecule has 0 aliphatic rings. The Labute approximate surface area is 127 Å². The van der Waals surface area contributed by atoms with Crippen LogP contribution in [0, 0.1) is 15.9 Å². The van der Waals surface area contributed by atoms with E-state index < -0.39 is 10.7 Å². The van der Waals surface area contributed by atoms with Gasteiger partial charge < -0.3 is 4.74 Å². The van der Waals surface area contributed by atoms with Gasteiger partial charge in [0.25, 0.3) is 5.69 Å². The minimum absolute atomic E-state index is 0.0623. The normalized spacial score (nSPS) is 10.3. The third-order valence-electron chi connectivity index (χ3n) is 2.45. The van der Waals surface area contributed by atoms with Crippen LogP contribution in [0.15, 0.2) is 40.9 Å². The predicted octanol–water partition coefficient (Wildman–Crippen LogP) is 4.73. The first-order valence-electron chi connectivity index (χ1n) is 5.47. The number of ether oxygens (including phenoxy) is 1. The molecule has 0 aliphatic heterocycles. The van der Waals surface area contributed by atoms with Crippen LogP contribution < -0.4 is 4.74 Å². The van der Waals surface area contributed by atoms with Crippen LogP contribution in [-0.4, -0.2) is 4.92 Å². The predicted molar refractivity (Wildman–Crippen MR) is 76.5 cm³/mol. The molecule has 0 N–H and O–H groups in total. The summed E-state index contributed by atoms with van der Waals surface area (Å²) >= 11 is 8.86. The Kier molecular flexibility index (Phi) is 4.57. The number of rotatable bonds is 4. The van der Waals surface area contributed by atoms with Crippen molar-refractivity contribution in [1.82, 2.24) is 0 Å². The lowest BCUT2D eigenvalue weighted by atomic mass is 10.2. The Bertz CT molecular complexity index is 646. The average Bonchev–Trinajstić information content (AvgIpc) is 2.36. The molecule has 20 heavy (non-hydrogen) atoms. The van der Waals surface area contributed by atoms with E-state index in [2.05, 4.69) is 15.9 Å². The van der Waals surface area contributed by atoms with Crippen molar-refractivity contribution in [3.63, 3.8) is 0 Å². The van der Waals surface area contributed by atoms with E-state index in [1.807, 2.05) is 0 Å². The molecule has 0 aromatic heterocycles. The van der Waals surface area contributed by atoms with E-state index in [-0.39, 0.29) is 17.3 Å². The van der Waals surface area contributed by atoms with E-state index in [0.29, 0.717) is 15.8 Å². The maximum absolute atomic E-state index is 13.2. The van der Waals surface area contributed by atoms with E-state index >= 15 is 0 Å². The van der Waals surface area contributed by atoms with Crippen molar-refractivity contribution in [2.45, 2.75) is 6.61 Å². The molecule has 0 bridgehead atoms. The van der Waals surface area contributed by atoms with Crippen molar-refractivity contribution < 1.29 is 14.1 Å². The smallest absolute Gasteiger partial charge is 0.288 e. The topological polar surface area (TPSA) is 52.4 Å². The van der Waals surface area contributed by atoms with Gasteiger partial charge in [-0.2, -0.15) is 0 Å². The second-order valence-electron chi connectivity index (χ2n) is 3.94. The molecule has 2 rings (SSSR count). The van der Waals surface area contributed by atoms with Gasteiger partial charge in [0.05, 0.1) is 4.92 Å². The van der Waals surface area contributed by atoms with E-state index in [1.54, 1.807) is 12.1 Å². The quantitative estimate of drug-likeness (QED) is 0.585. The van der Waals surface area contributed by atoms with E-state index in [1.165, 1.54) is 24.3 Å². The summed E-state index contributed by atoms with van der Waals surface area (Å²) in [5.41, 5.74) is 0.384. The Balaban J connectivity index is 2.14. The molecule has 0 aliphatic carbocycles. The van der Waals surface area contributed by atoms with Gasteiger partial charge in [0.2, 0.25) is 0 Å². The molecule has 0 atom stereocenters. The minimum Gasteiger partial charge on any atom is -0.489 e. The summed E-state index contributed by atoms with van der Waals surface area (Å²) in [5.74, 6) is -0.106. The first-order chi connectivity index (χ1) is 9.45. The van der Waals surface area contributed by atoms with Gasteiger partial charge in [0, 0.05) is 16.6 Å². The van der Waals surface area contributed by atoms with Gasteiger partial charge in [-0.25, -0.2) is 4.39 Å². The molecule has 4 nitrogen and oxygen atoms in total. The highest BCUT2D eigenvalue weighted by Crippen LogP contribution is 2.26. The highest BCUT2D eigenvalue weighted by atomic mass is 79.9. The second kappa shape index (κ2) is 6.19. The zero-order valence-corrected chi connectivity index (χ0v) is 12.3. The van der Waals surface area contributed by atoms with Crippen LogP contribution in [0.1, 0.15) is 5.56 Å². The van der Waals surface area contributed by atoms with Gasteiger partial charge in [-0.15, -0.1) is 0 Å². The lowest BCUT2D eigenvalue weighted by Crippen LogP contribution is -1.98. The third kappa shape index (κ3) is 3.68. The molecule has 104 valence electrons. The number of nitro groups is 1. The van der Waals surface area contributed by atoms with Crippen LogP contribution in [0.5, 0.6) is 5.75 Å². The summed E-state index contributed by atoms with van der Waals surface area (Å²) in [6.07, 6.45) is 0. The number of benzene rings is 2. The standard InChI is InChI=1S/C13H8BrClFNO3/c14-9-4-10(16)6-11(5-9)20-7-8-1-2-12(15)13(3-8)17(18)19/h1-6H,7H2. The van der Waals surface area contributed by atoms with Gasteiger partial charge in [-0.3, -0.25) is 10.1 Å². The fourth-order valence-electron chi connectivity index (χ4n) is 1.57. The molecule has 0 amide bonds. The molecule has 0 radical (unpaired) electrons. The van der Waals surface area contributed by atoms with Crippen molar-refractivity contribution >= 4 is 33.2 Å². The molecule has 2 aromatic carbocycles. The van der Waals surface area contributed by atoms with Gasteiger partial charge >= 0.3 is 0 Å². The van der Waals surface area contributed by atoms with Gasteiger partial charge in [0.15, 0.2) is 0 Å². The van der Waals surface area contributed by atoms with E-state index in [9.17, 15) is 14.5 Å². The Morgan fingerprint density at radius 2 is 2.05 bits per heavy atom. The summed E-state index contributed by atoms with van der Waals surface area (Å²) in [7, 11) is 0. The number of halogens is 3. The van der Waals surface area contributed by atoms with Crippen molar-refractivity contribution in [1.29, 1.82) is 0 Å². The van der Waals surface area contributed by atoms with Crippen LogP contribution in [0.25, 0.3) is 0 Å². The summed E-state index contributed by atoms with van der Waals surface area (Å²) in [6.45, 7) is 0.0773. The highest BCUT2D eigenvalue weighted by Gasteiger charge is 2.13. The van der Waals surface area contributed by atoms with E-state index in [4.69, 9.17) is 16.3 Å². The summed E-state index contributed by atoms with van der Waals surface area (Å²) in [5, 5.41) is 10.8. The van der Waals surface area contributed by atoms with Crippen LogP contribution in [-0.2, 0) is 6.61 Å². The second-order valence-corrected chi connectivity index (χ2v) is 5.26. The molecule has 0 fully saturated rings. The average molecular weight is 361 g/mol.